The van der Waals surface area contributed by atoms with Crippen LogP contribution in [0.15, 0.2) is 55.1 Å². The largest absolute Gasteiger partial charge is 0.390 e. The molecule has 1 aromatic heterocycles. The van der Waals surface area contributed by atoms with Crippen LogP contribution >= 0.6 is 0 Å². The van der Waals surface area contributed by atoms with Crippen LogP contribution in [0.5, 0.6) is 0 Å². The van der Waals surface area contributed by atoms with Crippen molar-refractivity contribution >= 4 is 5.57 Å². The van der Waals surface area contributed by atoms with E-state index in [2.05, 4.69) is 11.6 Å². The van der Waals surface area contributed by atoms with Gasteiger partial charge in [0, 0.05) is 0 Å². The van der Waals surface area contributed by atoms with E-state index in [1.54, 1.807) is 18.2 Å². The van der Waals surface area contributed by atoms with Crippen molar-refractivity contribution in [3.8, 4) is 0 Å². The van der Waals surface area contributed by atoms with E-state index >= 15 is 0 Å². The molecule has 1 unspecified atom stereocenters. The molecule has 0 spiro atoms. The van der Waals surface area contributed by atoms with Crippen molar-refractivity contribution in [2.75, 3.05) is 0 Å². The number of aliphatic hydroxyl groups is 2. The molecular weight excluding hydrogens is 226 g/mol. The van der Waals surface area contributed by atoms with Gasteiger partial charge in [0.1, 0.15) is 6.10 Å². The average Bonchev–Trinajstić information content (AvgIpc) is 2.46. The van der Waals surface area contributed by atoms with Gasteiger partial charge in [-0.3, -0.25) is 4.98 Å². The van der Waals surface area contributed by atoms with Crippen LogP contribution in [-0.2, 0) is 6.61 Å². The van der Waals surface area contributed by atoms with Crippen LogP contribution in [0.1, 0.15) is 23.1 Å². The van der Waals surface area contributed by atoms with E-state index in [9.17, 15) is 5.11 Å². The van der Waals surface area contributed by atoms with E-state index in [4.69, 9.17) is 5.11 Å². The topological polar surface area (TPSA) is 53.4 Å². The summed E-state index contributed by atoms with van der Waals surface area (Å²) in [4.78, 5) is 4.18. The standard InChI is InChI=1S/C15H15NO2/c1-11(12-6-3-2-4-7-12)15(18)14-9-5-8-13(10-17)16-14/h2-9,15,17-18H,1,10H2. The molecule has 0 saturated carbocycles. The minimum Gasteiger partial charge on any atom is -0.390 e. The molecule has 2 aromatic rings. The van der Waals surface area contributed by atoms with Crippen LogP contribution in [0.3, 0.4) is 0 Å². The maximum Gasteiger partial charge on any atom is 0.121 e. The summed E-state index contributed by atoms with van der Waals surface area (Å²) in [6.07, 6.45) is -0.862. The van der Waals surface area contributed by atoms with Crippen molar-refractivity contribution in [3.63, 3.8) is 0 Å². The minimum absolute atomic E-state index is 0.141. The first kappa shape index (κ1) is 12.5. The van der Waals surface area contributed by atoms with Gasteiger partial charge < -0.3 is 10.2 Å². The molecule has 0 radical (unpaired) electrons. The molecule has 3 nitrogen and oxygen atoms in total. The summed E-state index contributed by atoms with van der Waals surface area (Å²) >= 11 is 0. The van der Waals surface area contributed by atoms with E-state index in [1.807, 2.05) is 30.3 Å². The van der Waals surface area contributed by atoms with Crippen molar-refractivity contribution in [3.05, 3.63) is 72.1 Å². The van der Waals surface area contributed by atoms with Crippen LogP contribution in [0, 0.1) is 0 Å². The van der Waals surface area contributed by atoms with Gasteiger partial charge in [0.15, 0.2) is 0 Å². The zero-order valence-corrected chi connectivity index (χ0v) is 9.95. The second-order valence-electron chi connectivity index (χ2n) is 4.01. The van der Waals surface area contributed by atoms with E-state index in [1.165, 1.54) is 0 Å². The van der Waals surface area contributed by atoms with Gasteiger partial charge in [0.25, 0.3) is 0 Å². The summed E-state index contributed by atoms with van der Waals surface area (Å²) in [5, 5.41) is 19.3. The monoisotopic (exact) mass is 241 g/mol. The maximum atomic E-state index is 10.2. The summed E-state index contributed by atoms with van der Waals surface area (Å²) in [5.41, 5.74) is 2.50. The Morgan fingerprint density at radius 2 is 1.83 bits per heavy atom. The lowest BCUT2D eigenvalue weighted by Gasteiger charge is -2.14. The van der Waals surface area contributed by atoms with Crippen LogP contribution in [0.25, 0.3) is 5.57 Å². The molecule has 3 heteroatoms. The highest BCUT2D eigenvalue weighted by atomic mass is 16.3. The molecule has 0 amide bonds. The summed E-state index contributed by atoms with van der Waals surface area (Å²) in [6.45, 7) is 3.76. The lowest BCUT2D eigenvalue weighted by Crippen LogP contribution is -2.04. The molecule has 0 aliphatic rings. The molecule has 0 fully saturated rings. The molecule has 18 heavy (non-hydrogen) atoms. The van der Waals surface area contributed by atoms with Crippen LogP contribution in [-0.4, -0.2) is 15.2 Å². The molecule has 1 atom stereocenters. The van der Waals surface area contributed by atoms with Gasteiger partial charge in [0.05, 0.1) is 18.0 Å². The molecule has 0 bridgehead atoms. The molecule has 2 N–H and O–H groups in total. The zero-order valence-electron chi connectivity index (χ0n) is 9.95. The van der Waals surface area contributed by atoms with Gasteiger partial charge in [-0.05, 0) is 23.3 Å². The fourth-order valence-electron chi connectivity index (χ4n) is 1.73. The minimum atomic E-state index is -0.862. The van der Waals surface area contributed by atoms with Crippen LogP contribution in [0.2, 0.25) is 0 Å². The second kappa shape index (κ2) is 5.58. The molecular formula is C15H15NO2. The lowest BCUT2D eigenvalue weighted by molar-refractivity contribution is 0.231. The Labute approximate surface area is 106 Å². The van der Waals surface area contributed by atoms with Crippen molar-refractivity contribution in [2.24, 2.45) is 0 Å². The summed E-state index contributed by atoms with van der Waals surface area (Å²) in [5.74, 6) is 0. The van der Waals surface area contributed by atoms with Crippen molar-refractivity contribution < 1.29 is 10.2 Å². The van der Waals surface area contributed by atoms with Gasteiger partial charge >= 0.3 is 0 Å². The number of benzene rings is 1. The molecule has 0 saturated heterocycles. The number of aromatic nitrogens is 1. The third kappa shape index (κ3) is 2.64. The quantitative estimate of drug-likeness (QED) is 0.863. The SMILES string of the molecule is C=C(c1ccccc1)C(O)c1cccc(CO)n1. The van der Waals surface area contributed by atoms with Gasteiger partial charge in [-0.15, -0.1) is 0 Å². The Hall–Kier alpha value is -1.97. The number of hydrogen-bond donors (Lipinski definition) is 2. The normalized spacial score (nSPS) is 12.1. The van der Waals surface area contributed by atoms with Gasteiger partial charge in [-0.2, -0.15) is 0 Å². The summed E-state index contributed by atoms with van der Waals surface area (Å²) in [7, 11) is 0. The molecule has 0 aliphatic heterocycles. The fraction of sp³-hybridized carbons (Fsp3) is 0.133. The Morgan fingerprint density at radius 1 is 1.11 bits per heavy atom. The Balaban J connectivity index is 2.25. The van der Waals surface area contributed by atoms with Crippen molar-refractivity contribution in [1.29, 1.82) is 0 Å². The van der Waals surface area contributed by atoms with Gasteiger partial charge in [-0.1, -0.05) is 43.0 Å². The van der Waals surface area contributed by atoms with Gasteiger partial charge in [-0.25, -0.2) is 0 Å². The number of rotatable bonds is 4. The number of aliphatic hydroxyl groups excluding tert-OH is 2. The Morgan fingerprint density at radius 3 is 2.50 bits per heavy atom. The first-order valence-corrected chi connectivity index (χ1v) is 5.71. The first-order chi connectivity index (χ1) is 8.72. The average molecular weight is 241 g/mol. The zero-order chi connectivity index (χ0) is 13.0. The van der Waals surface area contributed by atoms with Crippen LogP contribution < -0.4 is 0 Å². The van der Waals surface area contributed by atoms with Crippen LogP contribution in [0.4, 0.5) is 0 Å². The van der Waals surface area contributed by atoms with E-state index < -0.39 is 6.10 Å². The third-order valence-corrected chi connectivity index (χ3v) is 2.75. The summed E-state index contributed by atoms with van der Waals surface area (Å²) in [6, 6.07) is 14.7. The third-order valence-electron chi connectivity index (χ3n) is 2.75. The van der Waals surface area contributed by atoms with E-state index in [-0.39, 0.29) is 6.61 Å². The predicted octanol–water partition coefficient (Wildman–Crippen LogP) is 2.32. The van der Waals surface area contributed by atoms with Crippen molar-refractivity contribution in [1.82, 2.24) is 4.98 Å². The van der Waals surface area contributed by atoms with E-state index in [0.717, 1.165) is 5.56 Å². The lowest BCUT2D eigenvalue weighted by atomic mass is 10.00. The van der Waals surface area contributed by atoms with Crippen molar-refractivity contribution in [2.45, 2.75) is 12.7 Å². The summed E-state index contributed by atoms with van der Waals surface area (Å²) < 4.78 is 0. The maximum absolute atomic E-state index is 10.2. The number of pyridine rings is 1. The predicted molar refractivity (Wildman–Crippen MR) is 70.6 cm³/mol. The fourth-order valence-corrected chi connectivity index (χ4v) is 1.73. The molecule has 2 rings (SSSR count). The Kier molecular flexibility index (Phi) is 3.87. The smallest absolute Gasteiger partial charge is 0.121 e. The highest BCUT2D eigenvalue weighted by Crippen LogP contribution is 2.27. The highest BCUT2D eigenvalue weighted by molar-refractivity contribution is 5.67. The van der Waals surface area contributed by atoms with Gasteiger partial charge in [0.2, 0.25) is 0 Å². The number of nitrogens with zero attached hydrogens (tertiary/aromatic N) is 1. The molecule has 92 valence electrons. The molecule has 1 aromatic carbocycles. The second-order valence-corrected chi connectivity index (χ2v) is 4.01. The number of hydrogen-bond acceptors (Lipinski definition) is 3. The molecule has 0 aliphatic carbocycles. The Bertz CT molecular complexity index is 537. The van der Waals surface area contributed by atoms with E-state index in [0.29, 0.717) is 17.0 Å². The first-order valence-electron chi connectivity index (χ1n) is 5.71. The highest BCUT2D eigenvalue weighted by Gasteiger charge is 2.14. The molecule has 1 heterocycles.